The van der Waals surface area contributed by atoms with E-state index in [2.05, 4.69) is 10.4 Å². The van der Waals surface area contributed by atoms with Crippen LogP contribution in [0.15, 0.2) is 24.4 Å². The summed E-state index contributed by atoms with van der Waals surface area (Å²) in [4.78, 5) is 0. The molecule has 0 atom stereocenters. The Morgan fingerprint density at radius 3 is 2.72 bits per heavy atom. The third-order valence-electron chi connectivity index (χ3n) is 3.10. The highest BCUT2D eigenvalue weighted by molar-refractivity contribution is 5.66. The van der Waals surface area contributed by atoms with E-state index in [1.54, 1.807) is 12.3 Å². The molecular weight excluding hydrogens is 229 g/mol. The van der Waals surface area contributed by atoms with Crippen LogP contribution in [0.1, 0.15) is 18.2 Å². The molecule has 2 rings (SSSR count). The second kappa shape index (κ2) is 5.31. The predicted molar refractivity (Wildman–Crippen MR) is 70.8 cm³/mol. The molecule has 0 fully saturated rings. The van der Waals surface area contributed by atoms with E-state index < -0.39 is 0 Å². The number of nitrogens with one attached hydrogen (secondary N) is 1. The van der Waals surface area contributed by atoms with Gasteiger partial charge in [0.25, 0.3) is 0 Å². The van der Waals surface area contributed by atoms with Crippen LogP contribution >= 0.6 is 0 Å². The summed E-state index contributed by atoms with van der Waals surface area (Å²) in [6.07, 6.45) is 1.74. The average molecular weight is 247 g/mol. The first-order valence-corrected chi connectivity index (χ1v) is 6.13. The molecule has 18 heavy (non-hydrogen) atoms. The lowest BCUT2D eigenvalue weighted by Crippen LogP contribution is -2.05. The zero-order chi connectivity index (χ0) is 13.1. The fourth-order valence-corrected chi connectivity index (χ4v) is 2.12. The number of hydrogen-bond acceptors (Lipinski definition) is 2. The molecule has 0 spiro atoms. The SMILES string of the molecule is CCn1ncc(-c2cc(CNC)ccc2F)c1C. The first kappa shape index (κ1) is 12.8. The number of nitrogens with zero attached hydrogens (tertiary/aromatic N) is 2. The Kier molecular flexibility index (Phi) is 3.77. The molecule has 0 saturated heterocycles. The fraction of sp³-hybridized carbons (Fsp3) is 0.357. The lowest BCUT2D eigenvalue weighted by Gasteiger charge is -2.07. The maximum Gasteiger partial charge on any atom is 0.131 e. The van der Waals surface area contributed by atoms with Crippen LogP contribution in [0.25, 0.3) is 11.1 Å². The molecule has 1 aromatic heterocycles. The minimum Gasteiger partial charge on any atom is -0.316 e. The maximum absolute atomic E-state index is 13.9. The van der Waals surface area contributed by atoms with Crippen molar-refractivity contribution in [3.63, 3.8) is 0 Å². The summed E-state index contributed by atoms with van der Waals surface area (Å²) in [6.45, 7) is 5.52. The van der Waals surface area contributed by atoms with Gasteiger partial charge >= 0.3 is 0 Å². The van der Waals surface area contributed by atoms with Gasteiger partial charge in [-0.3, -0.25) is 4.68 Å². The number of rotatable bonds is 4. The van der Waals surface area contributed by atoms with E-state index >= 15 is 0 Å². The summed E-state index contributed by atoms with van der Waals surface area (Å²) in [6, 6.07) is 5.20. The van der Waals surface area contributed by atoms with Crippen molar-refractivity contribution in [1.82, 2.24) is 15.1 Å². The highest BCUT2D eigenvalue weighted by atomic mass is 19.1. The molecule has 0 bridgehead atoms. The minimum absolute atomic E-state index is 0.200. The Bertz CT molecular complexity index is 546. The monoisotopic (exact) mass is 247 g/mol. The highest BCUT2D eigenvalue weighted by Gasteiger charge is 2.12. The third kappa shape index (κ3) is 2.29. The molecule has 1 N–H and O–H groups in total. The Morgan fingerprint density at radius 1 is 1.33 bits per heavy atom. The summed E-state index contributed by atoms with van der Waals surface area (Å²) in [5.41, 5.74) is 3.56. The Labute approximate surface area is 107 Å². The normalized spacial score (nSPS) is 10.9. The lowest BCUT2D eigenvalue weighted by molar-refractivity contribution is 0.628. The van der Waals surface area contributed by atoms with Crippen molar-refractivity contribution in [3.05, 3.63) is 41.5 Å². The van der Waals surface area contributed by atoms with Gasteiger partial charge in [-0.15, -0.1) is 0 Å². The molecule has 3 nitrogen and oxygen atoms in total. The van der Waals surface area contributed by atoms with Gasteiger partial charge in [-0.2, -0.15) is 5.10 Å². The van der Waals surface area contributed by atoms with Crippen LogP contribution in [0.5, 0.6) is 0 Å². The smallest absolute Gasteiger partial charge is 0.131 e. The molecular formula is C14H18FN3. The number of hydrogen-bond donors (Lipinski definition) is 1. The standard InChI is InChI=1S/C14H18FN3/c1-4-18-10(2)13(9-17-18)12-7-11(8-16-3)5-6-14(12)15/h5-7,9,16H,4,8H2,1-3H3. The molecule has 0 saturated carbocycles. The van der Waals surface area contributed by atoms with Crippen LogP contribution in [0.4, 0.5) is 4.39 Å². The van der Waals surface area contributed by atoms with Crippen LogP contribution in [-0.4, -0.2) is 16.8 Å². The second-order valence-electron chi connectivity index (χ2n) is 4.30. The van der Waals surface area contributed by atoms with Crippen molar-refractivity contribution in [2.75, 3.05) is 7.05 Å². The average Bonchev–Trinajstić information content (AvgIpc) is 2.73. The van der Waals surface area contributed by atoms with Gasteiger partial charge in [0.05, 0.1) is 6.20 Å². The van der Waals surface area contributed by atoms with E-state index in [4.69, 9.17) is 0 Å². The van der Waals surface area contributed by atoms with Gasteiger partial charge in [-0.1, -0.05) is 6.07 Å². The van der Waals surface area contributed by atoms with E-state index in [-0.39, 0.29) is 5.82 Å². The second-order valence-corrected chi connectivity index (χ2v) is 4.30. The highest BCUT2D eigenvalue weighted by Crippen LogP contribution is 2.26. The largest absolute Gasteiger partial charge is 0.316 e. The number of benzene rings is 1. The molecule has 1 heterocycles. The van der Waals surface area contributed by atoms with Gasteiger partial charge in [-0.05, 0) is 38.6 Å². The van der Waals surface area contributed by atoms with E-state index in [1.165, 1.54) is 6.07 Å². The molecule has 96 valence electrons. The molecule has 4 heteroatoms. The van der Waals surface area contributed by atoms with Crippen molar-refractivity contribution in [1.29, 1.82) is 0 Å². The van der Waals surface area contributed by atoms with Crippen molar-refractivity contribution in [2.24, 2.45) is 0 Å². The Morgan fingerprint density at radius 2 is 2.11 bits per heavy atom. The Balaban J connectivity index is 2.48. The van der Waals surface area contributed by atoms with Gasteiger partial charge in [-0.25, -0.2) is 4.39 Å². The molecule has 1 aromatic carbocycles. The van der Waals surface area contributed by atoms with Crippen molar-refractivity contribution < 1.29 is 4.39 Å². The molecule has 0 radical (unpaired) electrons. The van der Waals surface area contributed by atoms with Gasteiger partial charge < -0.3 is 5.32 Å². The van der Waals surface area contributed by atoms with E-state index in [1.807, 2.05) is 31.6 Å². The van der Waals surface area contributed by atoms with Gasteiger partial charge in [0.1, 0.15) is 5.82 Å². The quantitative estimate of drug-likeness (QED) is 0.900. The third-order valence-corrected chi connectivity index (χ3v) is 3.10. The number of aryl methyl sites for hydroxylation is 1. The zero-order valence-electron chi connectivity index (χ0n) is 11.0. The number of halogens is 1. The maximum atomic E-state index is 13.9. The molecule has 0 aliphatic rings. The van der Waals surface area contributed by atoms with Gasteiger partial charge in [0, 0.05) is 29.9 Å². The summed E-state index contributed by atoms with van der Waals surface area (Å²) < 4.78 is 15.8. The predicted octanol–water partition coefficient (Wildman–Crippen LogP) is 2.74. The summed E-state index contributed by atoms with van der Waals surface area (Å²) in [5, 5.41) is 7.33. The first-order chi connectivity index (χ1) is 8.67. The summed E-state index contributed by atoms with van der Waals surface area (Å²) in [7, 11) is 1.88. The zero-order valence-corrected chi connectivity index (χ0v) is 11.0. The van der Waals surface area contributed by atoms with E-state index in [0.717, 1.165) is 29.9 Å². The van der Waals surface area contributed by atoms with Crippen LogP contribution in [0.2, 0.25) is 0 Å². The van der Waals surface area contributed by atoms with Gasteiger partial charge in [0.15, 0.2) is 0 Å². The molecule has 2 aromatic rings. The lowest BCUT2D eigenvalue weighted by atomic mass is 10.0. The minimum atomic E-state index is -0.200. The molecule has 0 aliphatic heterocycles. The topological polar surface area (TPSA) is 29.9 Å². The van der Waals surface area contributed by atoms with Crippen LogP contribution in [-0.2, 0) is 13.1 Å². The first-order valence-electron chi connectivity index (χ1n) is 6.13. The molecule has 0 aliphatic carbocycles. The fourth-order valence-electron chi connectivity index (χ4n) is 2.12. The molecule has 0 unspecified atom stereocenters. The Hall–Kier alpha value is -1.68. The number of aromatic nitrogens is 2. The van der Waals surface area contributed by atoms with Crippen LogP contribution in [0.3, 0.4) is 0 Å². The van der Waals surface area contributed by atoms with Gasteiger partial charge in [0.2, 0.25) is 0 Å². The van der Waals surface area contributed by atoms with Crippen molar-refractivity contribution in [2.45, 2.75) is 26.9 Å². The van der Waals surface area contributed by atoms with Crippen LogP contribution in [0, 0.1) is 12.7 Å². The van der Waals surface area contributed by atoms with E-state index in [0.29, 0.717) is 5.56 Å². The summed E-state index contributed by atoms with van der Waals surface area (Å²) >= 11 is 0. The van der Waals surface area contributed by atoms with E-state index in [9.17, 15) is 4.39 Å². The van der Waals surface area contributed by atoms with Crippen LogP contribution < -0.4 is 5.32 Å². The molecule has 0 amide bonds. The summed E-state index contributed by atoms with van der Waals surface area (Å²) in [5.74, 6) is -0.200. The van der Waals surface area contributed by atoms with Crippen molar-refractivity contribution in [3.8, 4) is 11.1 Å². The van der Waals surface area contributed by atoms with Crippen molar-refractivity contribution >= 4 is 0 Å².